The predicted octanol–water partition coefficient (Wildman–Crippen LogP) is 2.47. The zero-order valence-corrected chi connectivity index (χ0v) is 14.8. The number of rotatable bonds is 7. The van der Waals surface area contributed by atoms with Crippen LogP contribution in [0.3, 0.4) is 0 Å². The van der Waals surface area contributed by atoms with Gasteiger partial charge in [0.1, 0.15) is 0 Å². The minimum Gasteiger partial charge on any atom is -0.493 e. The van der Waals surface area contributed by atoms with Crippen molar-refractivity contribution in [3.8, 4) is 23.0 Å². The molecule has 7 heteroatoms. The molecule has 0 atom stereocenters. The van der Waals surface area contributed by atoms with Crippen LogP contribution in [0.5, 0.6) is 23.0 Å². The van der Waals surface area contributed by atoms with Gasteiger partial charge in [-0.15, -0.1) is 0 Å². The molecule has 0 bridgehead atoms. The van der Waals surface area contributed by atoms with Crippen LogP contribution in [0.2, 0.25) is 0 Å². The summed E-state index contributed by atoms with van der Waals surface area (Å²) in [6, 6.07) is 11.1. The number of hydrogen-bond acceptors (Lipinski definition) is 5. The van der Waals surface area contributed by atoms with Crippen LogP contribution in [0.25, 0.3) is 0 Å². The van der Waals surface area contributed by atoms with Gasteiger partial charge >= 0.3 is 6.03 Å². The predicted molar refractivity (Wildman–Crippen MR) is 96.1 cm³/mol. The quantitative estimate of drug-likeness (QED) is 0.795. The number of hydrogen-bond donors (Lipinski definition) is 2. The van der Waals surface area contributed by atoms with Gasteiger partial charge in [-0.2, -0.15) is 0 Å². The molecule has 1 heterocycles. The maximum Gasteiger partial charge on any atom is 0.315 e. The second-order valence-electron chi connectivity index (χ2n) is 5.74. The van der Waals surface area contributed by atoms with Gasteiger partial charge in [-0.25, -0.2) is 4.79 Å². The zero-order valence-electron chi connectivity index (χ0n) is 14.8. The van der Waals surface area contributed by atoms with Crippen molar-refractivity contribution < 1.29 is 23.7 Å². The maximum atomic E-state index is 11.9. The summed E-state index contributed by atoms with van der Waals surface area (Å²) in [5.41, 5.74) is 2.00. The number of ether oxygens (including phenoxy) is 4. The zero-order chi connectivity index (χ0) is 18.4. The third-order valence-electron chi connectivity index (χ3n) is 4.04. The molecule has 1 aliphatic rings. The normalized spacial score (nSPS) is 11.8. The molecule has 0 unspecified atom stereocenters. The molecule has 26 heavy (non-hydrogen) atoms. The van der Waals surface area contributed by atoms with Gasteiger partial charge in [0.05, 0.1) is 14.2 Å². The van der Waals surface area contributed by atoms with Gasteiger partial charge in [-0.05, 0) is 41.8 Å². The molecule has 138 valence electrons. The molecule has 0 fully saturated rings. The van der Waals surface area contributed by atoms with Crippen molar-refractivity contribution >= 4 is 6.03 Å². The molecule has 1 aliphatic heterocycles. The number of carbonyl (C=O) groups is 1. The van der Waals surface area contributed by atoms with E-state index in [2.05, 4.69) is 10.6 Å². The molecule has 0 saturated heterocycles. The van der Waals surface area contributed by atoms with Crippen molar-refractivity contribution in [2.24, 2.45) is 0 Å². The van der Waals surface area contributed by atoms with E-state index in [1.165, 1.54) is 0 Å². The Morgan fingerprint density at radius 2 is 1.73 bits per heavy atom. The molecule has 0 saturated carbocycles. The molecule has 3 rings (SSSR count). The first-order valence-electron chi connectivity index (χ1n) is 8.30. The molecule has 2 amide bonds. The van der Waals surface area contributed by atoms with Crippen LogP contribution in [-0.4, -0.2) is 33.6 Å². The lowest BCUT2D eigenvalue weighted by molar-refractivity contribution is 0.174. The van der Waals surface area contributed by atoms with Crippen LogP contribution >= 0.6 is 0 Å². The summed E-state index contributed by atoms with van der Waals surface area (Å²) in [6.45, 7) is 1.18. The highest BCUT2D eigenvalue weighted by molar-refractivity contribution is 5.73. The summed E-state index contributed by atoms with van der Waals surface area (Å²) in [7, 11) is 3.17. The number of benzene rings is 2. The first kappa shape index (κ1) is 17.7. The molecule has 2 aromatic rings. The molecule has 0 spiro atoms. The third kappa shape index (κ3) is 4.30. The van der Waals surface area contributed by atoms with Gasteiger partial charge in [-0.3, -0.25) is 0 Å². The summed E-state index contributed by atoms with van der Waals surface area (Å²) in [5, 5.41) is 5.67. The van der Waals surface area contributed by atoms with Crippen LogP contribution in [0.1, 0.15) is 11.1 Å². The minimum atomic E-state index is -0.222. The molecular formula is C19H22N2O5. The molecule has 7 nitrogen and oxygen atoms in total. The Balaban J connectivity index is 1.43. The molecule has 0 aliphatic carbocycles. The van der Waals surface area contributed by atoms with E-state index in [9.17, 15) is 4.79 Å². The smallest absolute Gasteiger partial charge is 0.315 e. The number of methoxy groups -OCH3 is 2. The van der Waals surface area contributed by atoms with Crippen LogP contribution in [0.4, 0.5) is 4.79 Å². The average molecular weight is 358 g/mol. The van der Waals surface area contributed by atoms with Gasteiger partial charge in [0.2, 0.25) is 6.79 Å². The van der Waals surface area contributed by atoms with Gasteiger partial charge in [0.15, 0.2) is 23.0 Å². The second-order valence-corrected chi connectivity index (χ2v) is 5.74. The maximum absolute atomic E-state index is 11.9. The summed E-state index contributed by atoms with van der Waals surface area (Å²) in [4.78, 5) is 11.9. The van der Waals surface area contributed by atoms with E-state index in [0.717, 1.165) is 22.6 Å². The van der Waals surface area contributed by atoms with Crippen LogP contribution in [0.15, 0.2) is 36.4 Å². The molecular weight excluding hydrogens is 336 g/mol. The highest BCUT2D eigenvalue weighted by atomic mass is 16.7. The van der Waals surface area contributed by atoms with E-state index in [4.69, 9.17) is 18.9 Å². The summed E-state index contributed by atoms with van der Waals surface area (Å²) in [5.74, 6) is 2.80. The lowest BCUT2D eigenvalue weighted by atomic mass is 10.1. The summed E-state index contributed by atoms with van der Waals surface area (Å²) in [6.07, 6.45) is 0.709. The van der Waals surface area contributed by atoms with Crippen molar-refractivity contribution in [2.45, 2.75) is 13.0 Å². The second kappa shape index (κ2) is 8.33. The van der Waals surface area contributed by atoms with Gasteiger partial charge in [-0.1, -0.05) is 12.1 Å². The summed E-state index contributed by atoms with van der Waals surface area (Å²) >= 11 is 0. The van der Waals surface area contributed by atoms with Gasteiger partial charge in [0, 0.05) is 13.1 Å². The fourth-order valence-corrected chi connectivity index (χ4v) is 2.65. The number of urea groups is 1. The Morgan fingerprint density at radius 1 is 0.962 bits per heavy atom. The van der Waals surface area contributed by atoms with E-state index in [0.29, 0.717) is 31.0 Å². The fraction of sp³-hybridized carbons (Fsp3) is 0.316. The Bertz CT molecular complexity index is 779. The number of nitrogens with one attached hydrogen (secondary N) is 2. The fourth-order valence-electron chi connectivity index (χ4n) is 2.65. The van der Waals surface area contributed by atoms with E-state index in [-0.39, 0.29) is 12.8 Å². The Morgan fingerprint density at radius 3 is 2.54 bits per heavy atom. The summed E-state index contributed by atoms with van der Waals surface area (Å²) < 4.78 is 21.1. The van der Waals surface area contributed by atoms with Crippen molar-refractivity contribution in [3.63, 3.8) is 0 Å². The van der Waals surface area contributed by atoms with Crippen molar-refractivity contribution in [1.82, 2.24) is 10.6 Å². The monoisotopic (exact) mass is 358 g/mol. The largest absolute Gasteiger partial charge is 0.493 e. The SMILES string of the molecule is COc1ccc(CNC(=O)NCCc2ccc3c(c2)OCO3)cc1OC. The van der Waals surface area contributed by atoms with E-state index >= 15 is 0 Å². The lowest BCUT2D eigenvalue weighted by Gasteiger charge is -2.11. The third-order valence-corrected chi connectivity index (χ3v) is 4.04. The molecule has 0 aromatic heterocycles. The first-order valence-corrected chi connectivity index (χ1v) is 8.30. The van der Waals surface area contributed by atoms with Crippen LogP contribution < -0.4 is 29.6 Å². The van der Waals surface area contributed by atoms with Crippen molar-refractivity contribution in [3.05, 3.63) is 47.5 Å². The number of amides is 2. The molecule has 2 N–H and O–H groups in total. The highest BCUT2D eigenvalue weighted by Crippen LogP contribution is 2.32. The van der Waals surface area contributed by atoms with Gasteiger partial charge in [0.25, 0.3) is 0 Å². The van der Waals surface area contributed by atoms with E-state index in [1.54, 1.807) is 14.2 Å². The Hall–Kier alpha value is -3.09. The number of fused-ring (bicyclic) bond motifs is 1. The average Bonchev–Trinajstić information content (AvgIpc) is 3.14. The first-order chi connectivity index (χ1) is 12.7. The van der Waals surface area contributed by atoms with E-state index < -0.39 is 0 Å². The van der Waals surface area contributed by atoms with Crippen molar-refractivity contribution in [1.29, 1.82) is 0 Å². The topological polar surface area (TPSA) is 78.1 Å². The minimum absolute atomic E-state index is 0.222. The Labute approximate surface area is 152 Å². The highest BCUT2D eigenvalue weighted by Gasteiger charge is 2.13. The van der Waals surface area contributed by atoms with Crippen molar-refractivity contribution in [2.75, 3.05) is 27.6 Å². The lowest BCUT2D eigenvalue weighted by Crippen LogP contribution is -2.36. The number of carbonyl (C=O) groups excluding carboxylic acids is 1. The van der Waals surface area contributed by atoms with E-state index in [1.807, 2.05) is 36.4 Å². The molecule has 2 aromatic carbocycles. The standard InChI is InChI=1S/C19H22N2O5/c1-23-15-5-4-14(10-17(15)24-2)11-21-19(22)20-8-7-13-3-6-16-18(9-13)26-12-25-16/h3-6,9-10H,7-8,11-12H2,1-2H3,(H2,20,21,22). The molecule has 0 radical (unpaired) electrons. The van der Waals surface area contributed by atoms with Crippen LogP contribution in [-0.2, 0) is 13.0 Å². The van der Waals surface area contributed by atoms with Crippen LogP contribution in [0, 0.1) is 0 Å². The van der Waals surface area contributed by atoms with Gasteiger partial charge < -0.3 is 29.6 Å². The Kier molecular flexibility index (Phi) is 5.68.